The topological polar surface area (TPSA) is 94.6 Å². The van der Waals surface area contributed by atoms with Crippen LogP contribution in [0.5, 0.6) is 0 Å². The summed E-state index contributed by atoms with van der Waals surface area (Å²) in [5, 5.41) is 0. The normalized spacial score (nSPS) is 45.9. The molecule has 0 aromatic rings. The van der Waals surface area contributed by atoms with Crippen LogP contribution in [0.15, 0.2) is 35.5 Å². The zero-order chi connectivity index (χ0) is 36.0. The Kier molecular flexibility index (Phi) is 8.94. The van der Waals surface area contributed by atoms with E-state index < -0.39 is 11.6 Å². The number of allylic oxidation sites excluding steroid dienone is 2. The summed E-state index contributed by atoms with van der Waals surface area (Å²) in [7, 11) is 0. The second kappa shape index (κ2) is 12.5. The smallest absolute Gasteiger partial charge is 0.303 e. The molecule has 0 N–H and O–H groups in total. The summed E-state index contributed by atoms with van der Waals surface area (Å²) < 4.78 is 5.80. The first-order chi connectivity index (χ1) is 23.6. The van der Waals surface area contributed by atoms with Gasteiger partial charge in [0, 0.05) is 31.1 Å². The molecule has 6 nitrogen and oxygen atoms in total. The molecule has 0 heterocycles. The van der Waals surface area contributed by atoms with Gasteiger partial charge in [-0.25, -0.2) is 0 Å². The van der Waals surface area contributed by atoms with Crippen LogP contribution in [0.25, 0.3) is 0 Å². The average molecular weight is 685 g/mol. The lowest BCUT2D eigenvalue weighted by molar-refractivity contribution is -0.180. The van der Waals surface area contributed by atoms with Gasteiger partial charge in [-0.05, 0) is 167 Å². The van der Waals surface area contributed by atoms with Crippen LogP contribution >= 0.6 is 0 Å². The fourth-order valence-electron chi connectivity index (χ4n) is 14.5. The number of hydrogen-bond acceptors (Lipinski definition) is 6. The summed E-state index contributed by atoms with van der Waals surface area (Å²) in [5.41, 5.74) is 2.52. The van der Waals surface area contributed by atoms with Crippen LogP contribution in [0, 0.1) is 63.6 Å². The van der Waals surface area contributed by atoms with Gasteiger partial charge in [-0.3, -0.25) is 24.0 Å². The highest BCUT2D eigenvalue weighted by Gasteiger charge is 2.68. The van der Waals surface area contributed by atoms with Crippen molar-refractivity contribution < 1.29 is 28.7 Å². The number of carbonyl (C=O) groups excluding carboxylic acids is 5. The average Bonchev–Trinajstić information content (AvgIpc) is 3.53. The third kappa shape index (κ3) is 5.18. The van der Waals surface area contributed by atoms with Crippen LogP contribution in [0.4, 0.5) is 0 Å². The Bertz CT molecular complexity index is 1580. The fraction of sp³-hybridized carbons (Fsp3) is 0.750. The summed E-state index contributed by atoms with van der Waals surface area (Å²) >= 11 is 0. The summed E-state index contributed by atoms with van der Waals surface area (Å²) in [6.07, 6.45) is 19.2. The minimum absolute atomic E-state index is 0.0918. The molecule has 8 aliphatic carbocycles. The van der Waals surface area contributed by atoms with Crippen molar-refractivity contribution in [1.29, 1.82) is 0 Å². The van der Waals surface area contributed by atoms with Crippen LogP contribution in [0.1, 0.15) is 138 Å². The van der Waals surface area contributed by atoms with Crippen molar-refractivity contribution in [2.24, 2.45) is 63.6 Å². The Hall–Kier alpha value is -2.63. The van der Waals surface area contributed by atoms with Crippen LogP contribution in [0.3, 0.4) is 0 Å². The SMILES string of the molecule is C=C1C[C@H]2[C@@H]3CCC4=CC(=O)CC[C@@H]4[C@H]3CC[C@]2(C)[C@@]1(OC(C)=O)C(C)=O.CC(=O)[C@H]1CC[C@H]2[C@@H]3CCC4=CC(=O)CC[C@]4(C)[C@H]3CC[C@]12C. The van der Waals surface area contributed by atoms with Gasteiger partial charge in [-0.15, -0.1) is 0 Å². The Morgan fingerprint density at radius 2 is 1.44 bits per heavy atom. The van der Waals surface area contributed by atoms with Gasteiger partial charge in [0.25, 0.3) is 0 Å². The van der Waals surface area contributed by atoms with E-state index in [1.807, 2.05) is 12.2 Å². The van der Waals surface area contributed by atoms with E-state index in [0.29, 0.717) is 47.6 Å². The maximum Gasteiger partial charge on any atom is 0.303 e. The van der Waals surface area contributed by atoms with Gasteiger partial charge in [-0.2, -0.15) is 0 Å². The lowest BCUT2D eigenvalue weighted by atomic mass is 9.47. The minimum atomic E-state index is -1.17. The van der Waals surface area contributed by atoms with E-state index in [0.717, 1.165) is 87.5 Å². The Labute approximate surface area is 299 Å². The van der Waals surface area contributed by atoms with Crippen molar-refractivity contribution in [3.8, 4) is 0 Å². The Morgan fingerprint density at radius 1 is 0.720 bits per heavy atom. The lowest BCUT2D eigenvalue weighted by Gasteiger charge is -2.58. The second-order valence-electron chi connectivity index (χ2n) is 18.7. The van der Waals surface area contributed by atoms with Crippen molar-refractivity contribution in [1.82, 2.24) is 0 Å². The molecule has 0 unspecified atom stereocenters. The molecule has 0 aromatic heterocycles. The molecule has 0 radical (unpaired) electrons. The molecule has 8 rings (SSSR count). The molecule has 0 aliphatic heterocycles. The minimum Gasteiger partial charge on any atom is -0.446 e. The van der Waals surface area contributed by atoms with Gasteiger partial charge in [0.1, 0.15) is 5.78 Å². The molecule has 0 bridgehead atoms. The summed E-state index contributed by atoms with van der Waals surface area (Å²) in [5.74, 6) is 4.97. The molecule has 0 saturated heterocycles. The highest BCUT2D eigenvalue weighted by Crippen LogP contribution is 2.68. The van der Waals surface area contributed by atoms with Crippen LogP contribution in [-0.2, 0) is 28.7 Å². The summed E-state index contributed by atoms with van der Waals surface area (Å²) in [6.45, 7) is 15.9. The Morgan fingerprint density at radius 3 is 2.14 bits per heavy atom. The highest BCUT2D eigenvalue weighted by molar-refractivity contribution is 5.93. The molecule has 0 aromatic carbocycles. The van der Waals surface area contributed by atoms with Gasteiger partial charge in [0.2, 0.25) is 0 Å². The maximum atomic E-state index is 12.8. The number of ketones is 4. The van der Waals surface area contributed by atoms with Gasteiger partial charge in [0.15, 0.2) is 23.0 Å². The third-order valence-corrected chi connectivity index (χ3v) is 16.7. The fourth-order valence-corrected chi connectivity index (χ4v) is 14.5. The van der Waals surface area contributed by atoms with Gasteiger partial charge < -0.3 is 4.74 Å². The van der Waals surface area contributed by atoms with Crippen molar-refractivity contribution in [3.05, 3.63) is 35.5 Å². The second-order valence-corrected chi connectivity index (χ2v) is 18.7. The summed E-state index contributed by atoms with van der Waals surface area (Å²) in [4.78, 5) is 60.6. The highest BCUT2D eigenvalue weighted by atomic mass is 16.6. The Balaban J connectivity index is 0.000000159. The van der Waals surface area contributed by atoms with E-state index in [1.54, 1.807) is 13.8 Å². The number of carbonyl (C=O) groups is 5. The first-order valence-electron chi connectivity index (χ1n) is 19.9. The maximum absolute atomic E-state index is 12.8. The van der Waals surface area contributed by atoms with E-state index in [-0.39, 0.29) is 27.8 Å². The third-order valence-electron chi connectivity index (χ3n) is 16.7. The largest absolute Gasteiger partial charge is 0.446 e. The van der Waals surface area contributed by atoms with Crippen molar-refractivity contribution >= 4 is 29.1 Å². The predicted molar refractivity (Wildman–Crippen MR) is 193 cm³/mol. The number of ether oxygens (including phenoxy) is 1. The molecular weight excluding hydrogens is 624 g/mol. The molecule has 272 valence electrons. The molecule has 0 spiro atoms. The summed E-state index contributed by atoms with van der Waals surface area (Å²) in [6, 6.07) is 0. The van der Waals surface area contributed by atoms with Gasteiger partial charge >= 0.3 is 5.97 Å². The van der Waals surface area contributed by atoms with Crippen LogP contribution in [0.2, 0.25) is 0 Å². The predicted octanol–water partition coefficient (Wildman–Crippen LogP) is 8.91. The first kappa shape index (κ1) is 35.8. The van der Waals surface area contributed by atoms with Crippen molar-refractivity contribution in [3.63, 3.8) is 0 Å². The van der Waals surface area contributed by atoms with Crippen molar-refractivity contribution in [2.75, 3.05) is 0 Å². The number of esters is 1. The molecule has 12 atom stereocenters. The van der Waals surface area contributed by atoms with Gasteiger partial charge in [-0.1, -0.05) is 38.5 Å². The van der Waals surface area contributed by atoms with E-state index in [1.165, 1.54) is 43.8 Å². The zero-order valence-corrected chi connectivity index (χ0v) is 31.5. The van der Waals surface area contributed by atoms with Crippen LogP contribution < -0.4 is 0 Å². The number of hydrogen-bond donors (Lipinski definition) is 0. The first-order valence-corrected chi connectivity index (χ1v) is 19.9. The number of fused-ring (bicyclic) bond motifs is 10. The molecular formula is C44H60O6. The monoisotopic (exact) mass is 684 g/mol. The van der Waals surface area contributed by atoms with Crippen molar-refractivity contribution in [2.45, 2.75) is 143 Å². The zero-order valence-electron chi connectivity index (χ0n) is 31.5. The van der Waals surface area contributed by atoms with E-state index in [9.17, 15) is 24.0 Å². The number of rotatable bonds is 3. The number of Topliss-reactive ketones (excluding diaryl/α,β-unsaturated/α-hetero) is 2. The molecule has 6 heteroatoms. The van der Waals surface area contributed by atoms with Crippen LogP contribution in [-0.4, -0.2) is 34.7 Å². The van der Waals surface area contributed by atoms with E-state index >= 15 is 0 Å². The van der Waals surface area contributed by atoms with E-state index in [4.69, 9.17) is 4.74 Å². The standard InChI is InChI=1S/C23H30O4.C21H30O2/c1-13-11-21-20-7-5-16-12-17(26)6-8-18(16)19(20)9-10-22(21,4)23(13,14(2)24)27-15(3)25;1-13(22)17-6-7-18-16-5-4-14-12-15(23)8-10-20(14,2)19(16)9-11-21(17,18)3/h12,18-21H,1,5-11H2,2-4H3;12,16-19H,4-11H2,1-3H3/t18-,19+,20+,21-,22-,23-;16-,17+,18-,19-,20-,21+/m00/s1. The lowest BCUT2D eigenvalue weighted by Crippen LogP contribution is -2.58. The van der Waals surface area contributed by atoms with E-state index in [2.05, 4.69) is 27.4 Å². The molecule has 50 heavy (non-hydrogen) atoms. The molecule has 8 aliphatic rings. The molecule has 0 amide bonds. The quantitative estimate of drug-likeness (QED) is 0.218. The molecule has 6 fully saturated rings. The van der Waals surface area contributed by atoms with Gasteiger partial charge in [0.05, 0.1) is 0 Å². The molecule has 6 saturated carbocycles.